The van der Waals surface area contributed by atoms with Gasteiger partial charge in [-0.25, -0.2) is 0 Å². The smallest absolute Gasteiger partial charge is 0.0691 e. The molecular formula is C24H41Cl2N3O. The predicted molar refractivity (Wildman–Crippen MR) is 133 cm³/mol. The lowest BCUT2D eigenvalue weighted by Crippen LogP contribution is -2.48. The fraction of sp³-hybridized carbons (Fsp3) is 0.708. The van der Waals surface area contributed by atoms with Crippen molar-refractivity contribution in [3.05, 3.63) is 29.3 Å². The van der Waals surface area contributed by atoms with Gasteiger partial charge in [-0.3, -0.25) is 5.43 Å². The molecule has 4 nitrogen and oxygen atoms in total. The Bertz CT molecular complexity index is 595. The molecule has 2 rings (SSSR count). The van der Waals surface area contributed by atoms with Crippen molar-refractivity contribution >= 4 is 35.4 Å². The Morgan fingerprint density at radius 3 is 2.27 bits per heavy atom. The van der Waals surface area contributed by atoms with Crippen LogP contribution in [0.25, 0.3) is 0 Å². The minimum Gasteiger partial charge on any atom is -0.392 e. The highest BCUT2D eigenvalue weighted by Gasteiger charge is 2.24. The van der Waals surface area contributed by atoms with Crippen LogP contribution in [0.4, 0.5) is 5.69 Å². The zero-order chi connectivity index (χ0) is 20.9. The molecule has 0 unspecified atom stereocenters. The molecule has 0 aromatic heterocycles. The van der Waals surface area contributed by atoms with E-state index in [-0.39, 0.29) is 24.6 Å². The van der Waals surface area contributed by atoms with Crippen LogP contribution in [0.1, 0.15) is 90.9 Å². The minimum absolute atomic E-state index is 0. The lowest BCUT2D eigenvalue weighted by molar-refractivity contribution is 0.0849. The number of nitrogens with zero attached hydrogens (tertiary/aromatic N) is 1. The van der Waals surface area contributed by atoms with Crippen molar-refractivity contribution in [3.8, 4) is 0 Å². The van der Waals surface area contributed by atoms with E-state index in [0.29, 0.717) is 6.04 Å². The van der Waals surface area contributed by atoms with Crippen LogP contribution in [0.3, 0.4) is 0 Å². The fourth-order valence-corrected chi connectivity index (χ4v) is 4.11. The van der Waals surface area contributed by atoms with Gasteiger partial charge in [0.15, 0.2) is 0 Å². The Morgan fingerprint density at radius 2 is 1.63 bits per heavy atom. The third-order valence-corrected chi connectivity index (χ3v) is 6.20. The standard InChI is InChI=1S/C24H40ClN3O.ClH/c1-19(27-28-23-15-13-21(25)14-16-23)11-9-7-5-3-4-6-8-10-12-22-17-18-24(29)20(2)26-22;/h13-16,20,22,24,26,28-29H,3-12,17-18H2,1-2H3;1H/b27-19-;/t20-,22+,24-;/m1./s1. The Hall–Kier alpha value is -0.810. The second-order valence-corrected chi connectivity index (χ2v) is 9.07. The molecule has 0 spiro atoms. The molecule has 3 atom stereocenters. The lowest BCUT2D eigenvalue weighted by Gasteiger charge is -2.32. The van der Waals surface area contributed by atoms with E-state index in [1.807, 2.05) is 24.3 Å². The van der Waals surface area contributed by atoms with Gasteiger partial charge < -0.3 is 10.4 Å². The maximum Gasteiger partial charge on any atom is 0.0691 e. The number of anilines is 1. The number of hydrogen-bond acceptors (Lipinski definition) is 4. The summed E-state index contributed by atoms with van der Waals surface area (Å²) in [7, 11) is 0. The van der Waals surface area contributed by atoms with Gasteiger partial charge in [0, 0.05) is 22.8 Å². The summed E-state index contributed by atoms with van der Waals surface area (Å²) >= 11 is 5.89. The molecule has 1 aromatic carbocycles. The molecule has 1 aromatic rings. The van der Waals surface area contributed by atoms with Gasteiger partial charge in [0.25, 0.3) is 0 Å². The van der Waals surface area contributed by atoms with E-state index in [0.717, 1.165) is 35.7 Å². The Morgan fingerprint density at radius 1 is 1.03 bits per heavy atom. The van der Waals surface area contributed by atoms with Gasteiger partial charge >= 0.3 is 0 Å². The number of aliphatic hydroxyl groups is 1. The van der Waals surface area contributed by atoms with Gasteiger partial charge in [-0.15, -0.1) is 12.4 Å². The van der Waals surface area contributed by atoms with E-state index in [9.17, 15) is 5.11 Å². The average molecular weight is 459 g/mol. The lowest BCUT2D eigenvalue weighted by atomic mass is 9.93. The highest BCUT2D eigenvalue weighted by atomic mass is 35.5. The van der Waals surface area contributed by atoms with Crippen LogP contribution in [0, 0.1) is 0 Å². The van der Waals surface area contributed by atoms with Crippen LogP contribution in [-0.4, -0.2) is 29.0 Å². The van der Waals surface area contributed by atoms with Crippen molar-refractivity contribution in [1.29, 1.82) is 0 Å². The van der Waals surface area contributed by atoms with Gasteiger partial charge in [-0.05, 0) is 70.2 Å². The fourth-order valence-electron chi connectivity index (χ4n) is 3.99. The summed E-state index contributed by atoms with van der Waals surface area (Å²) in [4.78, 5) is 0. The van der Waals surface area contributed by atoms with E-state index in [1.54, 1.807) is 0 Å². The van der Waals surface area contributed by atoms with E-state index >= 15 is 0 Å². The number of halogens is 2. The third-order valence-electron chi connectivity index (χ3n) is 5.95. The number of rotatable bonds is 13. The number of nitrogens with one attached hydrogen (secondary N) is 2. The first-order valence-corrected chi connectivity index (χ1v) is 11.9. The molecule has 0 saturated carbocycles. The number of piperidine rings is 1. The van der Waals surface area contributed by atoms with Gasteiger partial charge in [-0.1, -0.05) is 56.5 Å². The number of aliphatic hydroxyl groups excluding tert-OH is 1. The molecular weight excluding hydrogens is 417 g/mol. The Kier molecular flexibility index (Phi) is 14.4. The zero-order valence-electron chi connectivity index (χ0n) is 18.7. The molecule has 6 heteroatoms. The van der Waals surface area contributed by atoms with Gasteiger partial charge in [0.1, 0.15) is 0 Å². The molecule has 172 valence electrons. The maximum atomic E-state index is 9.76. The van der Waals surface area contributed by atoms with E-state index in [2.05, 4.69) is 29.7 Å². The van der Waals surface area contributed by atoms with Crippen molar-refractivity contribution in [2.24, 2.45) is 5.10 Å². The predicted octanol–water partition coefficient (Wildman–Crippen LogP) is 6.95. The maximum absolute atomic E-state index is 9.76. The number of unbranched alkanes of at least 4 members (excludes halogenated alkanes) is 7. The molecule has 1 heterocycles. The van der Waals surface area contributed by atoms with Crippen molar-refractivity contribution in [2.45, 2.75) is 109 Å². The average Bonchev–Trinajstić information content (AvgIpc) is 2.71. The highest BCUT2D eigenvalue weighted by molar-refractivity contribution is 6.30. The van der Waals surface area contributed by atoms with Crippen LogP contribution in [0.5, 0.6) is 0 Å². The van der Waals surface area contributed by atoms with E-state index < -0.39 is 0 Å². The van der Waals surface area contributed by atoms with Crippen LogP contribution >= 0.6 is 24.0 Å². The summed E-state index contributed by atoms with van der Waals surface area (Å²) < 4.78 is 0. The molecule has 1 aliphatic heterocycles. The van der Waals surface area contributed by atoms with Crippen LogP contribution < -0.4 is 10.7 Å². The second kappa shape index (κ2) is 15.9. The summed E-state index contributed by atoms with van der Waals surface area (Å²) in [6.45, 7) is 4.19. The van der Waals surface area contributed by atoms with Crippen molar-refractivity contribution in [3.63, 3.8) is 0 Å². The van der Waals surface area contributed by atoms with Crippen LogP contribution in [0.15, 0.2) is 29.4 Å². The second-order valence-electron chi connectivity index (χ2n) is 8.63. The van der Waals surface area contributed by atoms with Crippen molar-refractivity contribution in [1.82, 2.24) is 5.32 Å². The quantitative estimate of drug-likeness (QED) is 0.170. The topological polar surface area (TPSA) is 56.6 Å². The minimum atomic E-state index is -0.152. The number of benzene rings is 1. The molecule has 0 radical (unpaired) electrons. The molecule has 0 bridgehead atoms. The summed E-state index contributed by atoms with van der Waals surface area (Å²) in [5.74, 6) is 0. The SMILES string of the molecule is C/C(CCCCCCCCCC[C@H]1CC[C@@H](O)[C@@H](C)N1)=N/Nc1ccc(Cl)cc1.Cl. The molecule has 1 saturated heterocycles. The third kappa shape index (κ3) is 11.5. The van der Waals surface area contributed by atoms with Gasteiger partial charge in [-0.2, -0.15) is 5.10 Å². The summed E-state index contributed by atoms with van der Waals surface area (Å²) in [5.41, 5.74) is 5.22. The monoisotopic (exact) mass is 457 g/mol. The molecule has 0 amide bonds. The summed E-state index contributed by atoms with van der Waals surface area (Å²) in [6.07, 6.45) is 14.8. The summed E-state index contributed by atoms with van der Waals surface area (Å²) in [5, 5.41) is 18.5. The van der Waals surface area contributed by atoms with Crippen molar-refractivity contribution < 1.29 is 5.11 Å². The first-order chi connectivity index (χ1) is 14.0. The van der Waals surface area contributed by atoms with E-state index in [4.69, 9.17) is 11.6 Å². The Balaban J connectivity index is 0.00000450. The first-order valence-electron chi connectivity index (χ1n) is 11.5. The molecule has 1 fully saturated rings. The van der Waals surface area contributed by atoms with Gasteiger partial charge in [0.2, 0.25) is 0 Å². The molecule has 1 aliphatic rings. The van der Waals surface area contributed by atoms with Crippen molar-refractivity contribution in [2.75, 3.05) is 5.43 Å². The summed E-state index contributed by atoms with van der Waals surface area (Å²) in [6, 6.07) is 8.50. The van der Waals surface area contributed by atoms with Crippen LogP contribution in [0.2, 0.25) is 5.02 Å². The van der Waals surface area contributed by atoms with E-state index in [1.165, 1.54) is 57.8 Å². The number of hydrazone groups is 1. The number of hydrogen-bond donors (Lipinski definition) is 3. The molecule has 0 aliphatic carbocycles. The highest BCUT2D eigenvalue weighted by Crippen LogP contribution is 2.19. The Labute approximate surface area is 194 Å². The van der Waals surface area contributed by atoms with Crippen LogP contribution in [-0.2, 0) is 0 Å². The molecule has 3 N–H and O–H groups in total. The van der Waals surface area contributed by atoms with Gasteiger partial charge in [0.05, 0.1) is 11.8 Å². The largest absolute Gasteiger partial charge is 0.392 e. The molecule has 30 heavy (non-hydrogen) atoms. The normalized spacial score (nSPS) is 21.9. The first kappa shape index (κ1) is 27.2. The zero-order valence-corrected chi connectivity index (χ0v) is 20.3.